The van der Waals surface area contributed by atoms with E-state index in [2.05, 4.69) is 19.7 Å². The molecule has 1 aromatic carbocycles. The van der Waals surface area contributed by atoms with Crippen LogP contribution in [0.3, 0.4) is 0 Å². The normalized spacial score (nSPS) is 15.5. The Morgan fingerprint density at radius 3 is 2.96 bits per heavy atom. The number of aromatic amines is 1. The van der Waals surface area contributed by atoms with Crippen LogP contribution in [0.1, 0.15) is 11.2 Å². The Labute approximate surface area is 155 Å². The fourth-order valence-electron chi connectivity index (χ4n) is 2.26. The van der Waals surface area contributed by atoms with Gasteiger partial charge in [0.05, 0.1) is 51.5 Å². The van der Waals surface area contributed by atoms with E-state index in [0.29, 0.717) is 5.52 Å². The second-order valence-electron chi connectivity index (χ2n) is 4.93. The average molecular weight is 387 g/mol. The maximum atomic E-state index is 12.8. The van der Waals surface area contributed by atoms with Gasteiger partial charge in [-0.1, -0.05) is 0 Å². The van der Waals surface area contributed by atoms with Crippen molar-refractivity contribution in [3.63, 3.8) is 0 Å². The second-order valence-corrected chi connectivity index (χ2v) is 6.30. The number of halogens is 2. The Hall–Kier alpha value is -2.75. The molecule has 2 heterocycles. The molecule has 3 aromatic rings. The molecule has 2 aromatic heterocycles. The van der Waals surface area contributed by atoms with Gasteiger partial charge in [0.1, 0.15) is 5.75 Å². The lowest BCUT2D eigenvalue weighted by Gasteiger charge is -2.10. The predicted molar refractivity (Wildman–Crippen MR) is 90.2 cm³/mol. The van der Waals surface area contributed by atoms with Crippen LogP contribution in [-0.2, 0) is 16.6 Å². The molecular weight excluding hydrogens is 368 g/mol. The number of rotatable bonds is 7. The minimum Gasteiger partial charge on any atom is -0.493 e. The van der Waals surface area contributed by atoms with E-state index in [1.165, 1.54) is 37.6 Å². The van der Waals surface area contributed by atoms with Gasteiger partial charge >= 0.3 is 6.59 Å². The first-order valence-electron chi connectivity index (χ1n) is 9.11. The molecule has 1 unspecified atom stereocenters. The van der Waals surface area contributed by atoms with Crippen molar-refractivity contribution in [1.82, 2.24) is 15.0 Å². The minimum atomic E-state index is -4.10. The lowest BCUT2D eigenvalue weighted by molar-refractivity contribution is -0.0497. The summed E-state index contributed by atoms with van der Waals surface area (Å²) in [6.07, 6.45) is 1.35. The molecule has 0 aliphatic heterocycles. The maximum absolute atomic E-state index is 12.8. The number of H-pyrrole nitrogens is 1. The summed E-state index contributed by atoms with van der Waals surface area (Å²) in [4.78, 5) is 10.9. The van der Waals surface area contributed by atoms with E-state index in [1.54, 1.807) is 0 Å². The molecule has 0 fully saturated rings. The van der Waals surface area contributed by atoms with Crippen LogP contribution in [0, 0.1) is 0 Å². The van der Waals surface area contributed by atoms with E-state index in [-0.39, 0.29) is 39.4 Å². The van der Waals surface area contributed by atoms with Crippen LogP contribution in [0.5, 0.6) is 17.2 Å². The number of hydrogen-bond acceptors (Lipinski definition) is 6. The number of pyridine rings is 1. The largest absolute Gasteiger partial charge is 0.493 e. The average Bonchev–Trinajstić information content (AvgIpc) is 3.04. The quantitative estimate of drug-likeness (QED) is 0.671. The van der Waals surface area contributed by atoms with E-state index >= 15 is 0 Å². The molecule has 1 N–H and O–H groups in total. The summed E-state index contributed by atoms with van der Waals surface area (Å²) in [7, 11) is -3.27. The molecule has 0 saturated heterocycles. The van der Waals surface area contributed by atoms with Crippen molar-refractivity contribution in [2.75, 3.05) is 14.1 Å². The molecule has 0 aliphatic carbocycles. The fourth-order valence-corrected chi connectivity index (χ4v) is 3.28. The number of methoxy groups -OCH3 is 2. The van der Waals surface area contributed by atoms with Gasteiger partial charge in [0, 0.05) is 18.3 Å². The molecule has 0 aliphatic rings. The summed E-state index contributed by atoms with van der Waals surface area (Å²) in [5, 5.41) is 0.00392. The van der Waals surface area contributed by atoms with Crippen LogP contribution in [0.15, 0.2) is 35.6 Å². The topological polar surface area (TPSA) is 86.3 Å². The highest BCUT2D eigenvalue weighted by Gasteiger charge is 2.17. The molecular formula is C16H15F2N3O4S. The lowest BCUT2D eigenvalue weighted by Crippen LogP contribution is -2.04. The molecule has 0 radical (unpaired) electrons. The molecule has 0 bridgehead atoms. The summed E-state index contributed by atoms with van der Waals surface area (Å²) < 4.78 is 80.8. The van der Waals surface area contributed by atoms with Crippen LogP contribution in [0.2, 0.25) is 0 Å². The molecule has 0 saturated carbocycles. The molecule has 26 heavy (non-hydrogen) atoms. The molecule has 7 nitrogen and oxygen atoms in total. The van der Waals surface area contributed by atoms with Crippen LogP contribution < -0.4 is 14.2 Å². The number of imidazole rings is 1. The van der Waals surface area contributed by atoms with Gasteiger partial charge in [-0.25, -0.2) is 4.98 Å². The number of nitrogens with zero attached hydrogens (tertiary/aromatic N) is 2. The van der Waals surface area contributed by atoms with Gasteiger partial charge in [0.15, 0.2) is 18.0 Å². The van der Waals surface area contributed by atoms with Crippen molar-refractivity contribution in [2.45, 2.75) is 17.5 Å². The van der Waals surface area contributed by atoms with Crippen molar-refractivity contribution >= 4 is 21.8 Å². The van der Waals surface area contributed by atoms with Gasteiger partial charge in [-0.05, 0) is 12.1 Å². The Bertz CT molecular complexity index is 1090. The number of benzene rings is 1. The second kappa shape index (κ2) is 7.65. The zero-order chi connectivity index (χ0) is 22.1. The monoisotopic (exact) mass is 387 g/mol. The van der Waals surface area contributed by atoms with E-state index in [4.69, 9.17) is 15.0 Å². The third-order valence-electron chi connectivity index (χ3n) is 3.37. The highest BCUT2D eigenvalue weighted by molar-refractivity contribution is 7.84. The highest BCUT2D eigenvalue weighted by atomic mass is 32.2. The first-order valence-corrected chi connectivity index (χ1v) is 8.43. The zero-order valence-electron chi connectivity index (χ0n) is 17.3. The van der Waals surface area contributed by atoms with Gasteiger partial charge in [-0.15, -0.1) is 0 Å². The van der Waals surface area contributed by atoms with Gasteiger partial charge in [-0.3, -0.25) is 9.19 Å². The van der Waals surface area contributed by atoms with Crippen molar-refractivity contribution in [3.05, 3.63) is 36.2 Å². The van der Waals surface area contributed by atoms with E-state index < -0.39 is 24.4 Å². The van der Waals surface area contributed by atoms with Crippen molar-refractivity contribution in [1.29, 1.82) is 0 Å². The summed E-state index contributed by atoms with van der Waals surface area (Å²) in [5.74, 6) is -0.587. The molecule has 1 atom stereocenters. The van der Waals surface area contributed by atoms with Gasteiger partial charge in [-0.2, -0.15) is 8.78 Å². The van der Waals surface area contributed by atoms with Crippen molar-refractivity contribution in [3.8, 4) is 17.2 Å². The first kappa shape index (κ1) is 13.5. The van der Waals surface area contributed by atoms with Crippen LogP contribution in [0.4, 0.5) is 8.78 Å². The Morgan fingerprint density at radius 1 is 1.38 bits per heavy atom. The molecule has 0 amide bonds. The Morgan fingerprint density at radius 2 is 2.23 bits per heavy atom. The summed E-state index contributed by atoms with van der Waals surface area (Å²) in [5.41, 5.74) is 0.663. The van der Waals surface area contributed by atoms with E-state index in [9.17, 15) is 13.0 Å². The number of hydrogen-bond donors (Lipinski definition) is 1. The van der Waals surface area contributed by atoms with Crippen LogP contribution in [-0.4, -0.2) is 39.9 Å². The summed E-state index contributed by atoms with van der Waals surface area (Å²) in [6, 6.07) is 5.15. The van der Waals surface area contributed by atoms with Gasteiger partial charge < -0.3 is 19.2 Å². The number of alkyl halides is 2. The molecule has 138 valence electrons. The number of nitrogens with one attached hydrogen (secondary N) is 1. The smallest absolute Gasteiger partial charge is 0.387 e. The Balaban J connectivity index is 1.88. The first-order chi connectivity index (χ1) is 13.9. The zero-order valence-corrected chi connectivity index (χ0v) is 14.1. The Kier molecular flexibility index (Phi) is 3.96. The van der Waals surface area contributed by atoms with Gasteiger partial charge in [0.25, 0.3) is 0 Å². The molecule has 3 rings (SSSR count). The fraction of sp³-hybridized carbons (Fsp3) is 0.250. The number of aromatic nitrogens is 3. The summed E-state index contributed by atoms with van der Waals surface area (Å²) >= 11 is 0. The molecule has 0 spiro atoms. The SMILES string of the molecule is [2H]C([2H])([2H])Oc1c(OC)ccnc1CS(=O)c1nc2ccc(OC([2H])(F)F)cc2[nH]1. The van der Waals surface area contributed by atoms with Crippen molar-refractivity contribution < 1.29 is 32.7 Å². The number of fused-ring (bicyclic) bond motifs is 1. The van der Waals surface area contributed by atoms with Crippen molar-refractivity contribution in [2.24, 2.45) is 0 Å². The number of ether oxygens (including phenoxy) is 3. The maximum Gasteiger partial charge on any atom is 0.387 e. The third kappa shape index (κ3) is 3.74. The van der Waals surface area contributed by atoms with E-state index in [0.717, 1.165) is 0 Å². The van der Waals surface area contributed by atoms with E-state index in [1.807, 2.05) is 0 Å². The third-order valence-corrected chi connectivity index (χ3v) is 4.53. The highest BCUT2D eigenvalue weighted by Crippen LogP contribution is 2.30. The van der Waals surface area contributed by atoms with Crippen LogP contribution >= 0.6 is 0 Å². The standard InChI is InChI=1S/C16H15F2N3O4S/c1-23-13-5-6-19-12(14(13)24-2)8-26(22)16-20-10-4-3-9(25-15(17)18)7-11(10)21-16/h3-7,15H,8H2,1-2H3,(H,20,21)/i2D3,15D. The lowest BCUT2D eigenvalue weighted by atomic mass is 10.3. The predicted octanol–water partition coefficient (Wildman–Crippen LogP) is 2.88. The molecule has 10 heteroatoms. The van der Waals surface area contributed by atoms with Crippen LogP contribution in [0.25, 0.3) is 11.0 Å². The van der Waals surface area contributed by atoms with Gasteiger partial charge in [0.2, 0.25) is 0 Å². The minimum absolute atomic E-state index is 0.00392. The summed E-state index contributed by atoms with van der Waals surface area (Å²) in [6.45, 7) is -4.10.